The number of hydrogen-bond acceptors (Lipinski definition) is 5. The molecule has 0 aliphatic carbocycles. The highest BCUT2D eigenvalue weighted by Gasteiger charge is 2.33. The van der Waals surface area contributed by atoms with Crippen LogP contribution in [0, 0.1) is 5.92 Å². The van der Waals surface area contributed by atoms with Crippen molar-refractivity contribution in [3.05, 3.63) is 35.4 Å². The predicted molar refractivity (Wildman–Crippen MR) is 121 cm³/mol. The van der Waals surface area contributed by atoms with Crippen LogP contribution in [0.5, 0.6) is 0 Å². The molecule has 2 aliphatic heterocycles. The maximum Gasteiger partial charge on any atom is 0.317 e. The number of nitrogens with one attached hydrogen (secondary N) is 2. The third-order valence-electron chi connectivity index (χ3n) is 5.97. The molecule has 2 saturated heterocycles. The summed E-state index contributed by atoms with van der Waals surface area (Å²) in [6, 6.07) is 7.00. The van der Waals surface area contributed by atoms with Crippen LogP contribution in [-0.2, 0) is 31.9 Å². The highest BCUT2D eigenvalue weighted by atomic mass is 32.2. The van der Waals surface area contributed by atoms with Gasteiger partial charge in [0.2, 0.25) is 15.9 Å². The van der Waals surface area contributed by atoms with Crippen molar-refractivity contribution in [3.63, 3.8) is 0 Å². The molecule has 10 heteroatoms. The first kappa shape index (κ1) is 24.5. The molecule has 0 radical (unpaired) electrons. The Kier molecular flexibility index (Phi) is 8.13. The van der Waals surface area contributed by atoms with Crippen LogP contribution in [0.2, 0.25) is 0 Å². The molecular formula is C22H34N4O5S. The van der Waals surface area contributed by atoms with E-state index < -0.39 is 10.0 Å². The SMILES string of the molecule is CNS(=O)(=O)Cc1cccc(CNC(=O)N2CCC(C(=O)N3CC(C)OC(C)C3)CC2)c1. The van der Waals surface area contributed by atoms with E-state index in [0.29, 0.717) is 51.1 Å². The van der Waals surface area contributed by atoms with E-state index in [4.69, 9.17) is 4.74 Å². The first-order valence-electron chi connectivity index (χ1n) is 11.1. The molecule has 1 aromatic rings. The van der Waals surface area contributed by atoms with Crippen molar-refractivity contribution < 1.29 is 22.7 Å². The maximum absolute atomic E-state index is 12.9. The number of hydrogen-bond donors (Lipinski definition) is 2. The molecule has 2 N–H and O–H groups in total. The van der Waals surface area contributed by atoms with Crippen molar-refractivity contribution in [1.82, 2.24) is 19.8 Å². The van der Waals surface area contributed by atoms with E-state index in [2.05, 4.69) is 10.0 Å². The van der Waals surface area contributed by atoms with Gasteiger partial charge in [0.1, 0.15) is 0 Å². The number of carbonyl (C=O) groups excluding carboxylic acids is 2. The molecule has 1 aromatic carbocycles. The second-order valence-corrected chi connectivity index (χ2v) is 10.6. The summed E-state index contributed by atoms with van der Waals surface area (Å²) in [4.78, 5) is 29.1. The lowest BCUT2D eigenvalue weighted by molar-refractivity contribution is -0.148. The summed E-state index contributed by atoms with van der Waals surface area (Å²) in [5, 5.41) is 2.90. The van der Waals surface area contributed by atoms with E-state index in [1.165, 1.54) is 7.05 Å². The Morgan fingerprint density at radius 3 is 2.31 bits per heavy atom. The van der Waals surface area contributed by atoms with E-state index >= 15 is 0 Å². The standard InChI is InChI=1S/C22H34N4O5S/c1-16-13-26(14-17(2)31-16)21(27)20-7-9-25(10-8-20)22(28)24-12-18-5-4-6-19(11-18)15-32(29,30)23-3/h4-6,11,16-17,20,23H,7-10,12-15H2,1-3H3,(H,24,28). The van der Waals surface area contributed by atoms with Gasteiger partial charge in [-0.25, -0.2) is 17.9 Å². The van der Waals surface area contributed by atoms with Crippen molar-refractivity contribution in [2.45, 2.75) is 51.2 Å². The summed E-state index contributed by atoms with van der Waals surface area (Å²) in [5.41, 5.74) is 1.50. The number of benzene rings is 1. The number of sulfonamides is 1. The minimum absolute atomic E-state index is 0.0467. The van der Waals surface area contributed by atoms with Crippen LogP contribution < -0.4 is 10.0 Å². The van der Waals surface area contributed by atoms with Crippen molar-refractivity contribution in [3.8, 4) is 0 Å². The molecule has 2 heterocycles. The molecule has 0 bridgehead atoms. The van der Waals surface area contributed by atoms with Gasteiger partial charge in [0.15, 0.2) is 0 Å². The molecule has 32 heavy (non-hydrogen) atoms. The number of morpholine rings is 1. The molecule has 2 fully saturated rings. The van der Waals surface area contributed by atoms with E-state index in [1.807, 2.05) is 24.8 Å². The molecule has 3 rings (SSSR count). The lowest BCUT2D eigenvalue weighted by Gasteiger charge is -2.39. The number of carbonyl (C=O) groups is 2. The Morgan fingerprint density at radius 1 is 1.06 bits per heavy atom. The minimum Gasteiger partial charge on any atom is -0.372 e. The Balaban J connectivity index is 1.46. The van der Waals surface area contributed by atoms with Crippen molar-refractivity contribution >= 4 is 22.0 Å². The second kappa shape index (κ2) is 10.6. The number of nitrogens with zero attached hydrogens (tertiary/aromatic N) is 2. The first-order chi connectivity index (χ1) is 15.2. The fraction of sp³-hybridized carbons (Fsp3) is 0.636. The fourth-order valence-corrected chi connectivity index (χ4v) is 5.12. The van der Waals surface area contributed by atoms with E-state index in [9.17, 15) is 18.0 Å². The summed E-state index contributed by atoms with van der Waals surface area (Å²) in [5.74, 6) is 0.0100. The van der Waals surface area contributed by atoms with Crippen LogP contribution in [0.15, 0.2) is 24.3 Å². The first-order valence-corrected chi connectivity index (χ1v) is 12.8. The minimum atomic E-state index is -3.35. The lowest BCUT2D eigenvalue weighted by Crippen LogP contribution is -2.52. The van der Waals surface area contributed by atoms with Gasteiger partial charge in [-0.15, -0.1) is 0 Å². The molecule has 2 atom stereocenters. The van der Waals surface area contributed by atoms with Gasteiger partial charge in [0.05, 0.1) is 18.0 Å². The second-order valence-electron chi connectivity index (χ2n) is 8.70. The molecule has 2 aliphatic rings. The van der Waals surface area contributed by atoms with E-state index in [0.717, 1.165) is 5.56 Å². The highest BCUT2D eigenvalue weighted by molar-refractivity contribution is 7.88. The van der Waals surface area contributed by atoms with Crippen LogP contribution in [0.4, 0.5) is 4.79 Å². The van der Waals surface area contributed by atoms with Gasteiger partial charge < -0.3 is 19.9 Å². The molecule has 3 amide bonds. The van der Waals surface area contributed by atoms with Gasteiger partial charge in [-0.1, -0.05) is 24.3 Å². The number of amides is 3. The number of rotatable bonds is 6. The van der Waals surface area contributed by atoms with Crippen molar-refractivity contribution in [1.29, 1.82) is 0 Å². The lowest BCUT2D eigenvalue weighted by atomic mass is 9.95. The zero-order valence-electron chi connectivity index (χ0n) is 19.0. The monoisotopic (exact) mass is 466 g/mol. The Labute approximate surface area is 190 Å². The molecule has 9 nitrogen and oxygen atoms in total. The number of ether oxygens (including phenoxy) is 1. The van der Waals surface area contributed by atoms with Crippen LogP contribution in [0.1, 0.15) is 37.8 Å². The Hall–Kier alpha value is -2.17. The summed E-state index contributed by atoms with van der Waals surface area (Å²) in [6.07, 6.45) is 1.41. The number of likely N-dealkylation sites (tertiary alicyclic amines) is 1. The van der Waals surface area contributed by atoms with Crippen molar-refractivity contribution in [2.24, 2.45) is 5.92 Å². The Bertz CT molecular complexity index is 905. The molecule has 0 aromatic heterocycles. The summed E-state index contributed by atoms with van der Waals surface area (Å²) >= 11 is 0. The van der Waals surface area contributed by atoms with E-state index in [-0.39, 0.29) is 35.8 Å². The largest absolute Gasteiger partial charge is 0.372 e. The summed E-state index contributed by atoms with van der Waals surface area (Å²) in [6.45, 7) is 6.61. The van der Waals surface area contributed by atoms with Gasteiger partial charge in [-0.2, -0.15) is 0 Å². The molecule has 0 spiro atoms. The van der Waals surface area contributed by atoms with Crippen LogP contribution in [0.3, 0.4) is 0 Å². The normalized spacial score (nSPS) is 22.6. The Morgan fingerprint density at radius 2 is 1.69 bits per heavy atom. The fourth-order valence-electron chi connectivity index (χ4n) is 4.36. The van der Waals surface area contributed by atoms with Crippen molar-refractivity contribution in [2.75, 3.05) is 33.2 Å². The van der Waals surface area contributed by atoms with Crippen LogP contribution in [-0.4, -0.2) is 75.6 Å². The molecule has 2 unspecified atom stereocenters. The van der Waals surface area contributed by atoms with E-state index in [1.54, 1.807) is 23.1 Å². The zero-order chi connectivity index (χ0) is 23.3. The van der Waals surface area contributed by atoms with Gasteiger partial charge in [-0.3, -0.25) is 4.79 Å². The predicted octanol–water partition coefficient (Wildman–Crippen LogP) is 1.29. The average molecular weight is 467 g/mol. The average Bonchev–Trinajstić information content (AvgIpc) is 2.76. The molecule has 178 valence electrons. The van der Waals surface area contributed by atoms with Crippen LogP contribution in [0.25, 0.3) is 0 Å². The topological polar surface area (TPSA) is 108 Å². The third kappa shape index (κ3) is 6.66. The zero-order valence-corrected chi connectivity index (χ0v) is 19.9. The molecule has 0 saturated carbocycles. The maximum atomic E-state index is 12.9. The summed E-state index contributed by atoms with van der Waals surface area (Å²) < 4.78 is 31.5. The van der Waals surface area contributed by atoms with Crippen LogP contribution >= 0.6 is 0 Å². The smallest absolute Gasteiger partial charge is 0.317 e. The summed E-state index contributed by atoms with van der Waals surface area (Å²) in [7, 11) is -1.96. The quantitative estimate of drug-likeness (QED) is 0.657. The molecular weight excluding hydrogens is 432 g/mol. The van der Waals surface area contributed by atoms with Gasteiger partial charge in [-0.05, 0) is 44.9 Å². The highest BCUT2D eigenvalue weighted by Crippen LogP contribution is 2.22. The number of urea groups is 1. The van der Waals surface area contributed by atoms with Gasteiger partial charge >= 0.3 is 6.03 Å². The third-order valence-corrected chi connectivity index (χ3v) is 7.30. The van der Waals surface area contributed by atoms with Gasteiger partial charge in [0.25, 0.3) is 0 Å². The van der Waals surface area contributed by atoms with Gasteiger partial charge in [0, 0.05) is 38.6 Å². The number of piperidine rings is 1.